The molecule has 1 aliphatic heterocycles. The van der Waals surface area contributed by atoms with Crippen LogP contribution in [0, 0.1) is 0 Å². The van der Waals surface area contributed by atoms with E-state index in [1.54, 1.807) is 0 Å². The minimum absolute atomic E-state index is 0.193. The Balaban J connectivity index is 1.11. The van der Waals surface area contributed by atoms with E-state index in [2.05, 4.69) is 187 Å². The van der Waals surface area contributed by atoms with Gasteiger partial charge in [0.1, 0.15) is 18.2 Å². The Kier molecular flexibility index (Phi) is 5.89. The van der Waals surface area contributed by atoms with Gasteiger partial charge in [-0.3, -0.25) is 5.32 Å². The first-order valence-electron chi connectivity index (χ1n) is 18.5. The summed E-state index contributed by atoms with van der Waals surface area (Å²) in [4.78, 5) is 5.52. The number of hydrogen-bond acceptors (Lipinski definition) is 3. The number of rotatable bonds is 3. The Morgan fingerprint density at radius 2 is 1.04 bits per heavy atom. The molecule has 248 valence electrons. The summed E-state index contributed by atoms with van der Waals surface area (Å²) in [5.74, 6) is 0.899. The van der Waals surface area contributed by atoms with E-state index in [1.807, 2.05) is 0 Å². The van der Waals surface area contributed by atoms with E-state index in [4.69, 9.17) is 4.99 Å². The van der Waals surface area contributed by atoms with Crippen molar-refractivity contribution in [2.45, 2.75) is 17.7 Å². The number of benzene rings is 9. The van der Waals surface area contributed by atoms with Gasteiger partial charge in [-0.05, 0) is 93.7 Å². The fourth-order valence-electron chi connectivity index (χ4n) is 10.0. The van der Waals surface area contributed by atoms with E-state index in [-0.39, 0.29) is 12.3 Å². The predicted octanol–water partition coefficient (Wildman–Crippen LogP) is 11.3. The van der Waals surface area contributed by atoms with Crippen LogP contribution in [0.1, 0.15) is 51.3 Å². The second kappa shape index (κ2) is 10.7. The number of amidine groups is 1. The maximum Gasteiger partial charge on any atom is 0.132 e. The van der Waals surface area contributed by atoms with Gasteiger partial charge in [0, 0.05) is 5.56 Å². The molecule has 1 spiro atoms. The van der Waals surface area contributed by atoms with Crippen LogP contribution in [-0.2, 0) is 5.41 Å². The van der Waals surface area contributed by atoms with Crippen molar-refractivity contribution in [2.24, 2.45) is 4.99 Å². The van der Waals surface area contributed by atoms with Crippen LogP contribution in [0.5, 0.6) is 0 Å². The van der Waals surface area contributed by atoms with Crippen molar-refractivity contribution >= 4 is 48.9 Å². The summed E-state index contributed by atoms with van der Waals surface area (Å²) in [6, 6.07) is 64.8. The van der Waals surface area contributed by atoms with E-state index >= 15 is 0 Å². The van der Waals surface area contributed by atoms with Crippen molar-refractivity contribution in [1.82, 2.24) is 10.6 Å². The molecule has 0 saturated heterocycles. The molecule has 53 heavy (non-hydrogen) atoms. The van der Waals surface area contributed by atoms with Crippen LogP contribution >= 0.6 is 0 Å². The molecule has 2 unspecified atom stereocenters. The Morgan fingerprint density at radius 3 is 1.83 bits per heavy atom. The van der Waals surface area contributed by atoms with E-state index < -0.39 is 5.41 Å². The standard InChI is InChI=1S/C50H33N3/c1-2-13-32(14-3-1)47-51-48(53-49(52-47)39-29-33-15-4-5-18-34(33)35-19-6-7-20-36(35)39)38-22-12-26-43-46(38)37-21-8-9-23-40(37)50(43)41-24-10-16-30-27-28-31-17-11-25-42(50)45(31)44(30)41/h1-29,47,49,52H,(H,51,53). The zero-order chi connectivity index (χ0) is 34.7. The first kappa shape index (κ1) is 29.1. The van der Waals surface area contributed by atoms with Gasteiger partial charge in [0.2, 0.25) is 0 Å². The fourth-order valence-corrected chi connectivity index (χ4v) is 10.0. The maximum atomic E-state index is 5.52. The SMILES string of the molecule is c1ccc(C2N=C(c3cccc4c3-c3ccccc3C43c4cccc5ccc6cccc3c6c45)NC(c3cc4ccccc4c4ccccc34)N2)cc1. The van der Waals surface area contributed by atoms with Crippen molar-refractivity contribution < 1.29 is 0 Å². The fraction of sp³-hybridized carbons (Fsp3) is 0.0600. The molecule has 0 bridgehead atoms. The minimum Gasteiger partial charge on any atom is -0.350 e. The van der Waals surface area contributed by atoms with E-state index in [1.165, 1.54) is 82.0 Å². The topological polar surface area (TPSA) is 36.4 Å². The van der Waals surface area contributed by atoms with E-state index in [0.29, 0.717) is 0 Å². The van der Waals surface area contributed by atoms with Gasteiger partial charge < -0.3 is 5.32 Å². The van der Waals surface area contributed by atoms with Crippen LogP contribution in [0.4, 0.5) is 0 Å². The molecule has 2 N–H and O–H groups in total. The van der Waals surface area contributed by atoms with Crippen LogP contribution in [0.3, 0.4) is 0 Å². The first-order valence-corrected chi connectivity index (χ1v) is 18.5. The Hall–Kier alpha value is -6.55. The van der Waals surface area contributed by atoms with Gasteiger partial charge in [0.05, 0.1) is 5.41 Å². The average Bonchev–Trinajstić information content (AvgIpc) is 3.71. The van der Waals surface area contributed by atoms with Gasteiger partial charge in [-0.25, -0.2) is 4.99 Å². The van der Waals surface area contributed by atoms with Crippen LogP contribution in [0.2, 0.25) is 0 Å². The second-order valence-electron chi connectivity index (χ2n) is 14.7. The van der Waals surface area contributed by atoms with Crippen molar-refractivity contribution in [3.8, 4) is 11.1 Å². The number of hydrogen-bond donors (Lipinski definition) is 2. The van der Waals surface area contributed by atoms with Gasteiger partial charge in [-0.2, -0.15) is 0 Å². The van der Waals surface area contributed by atoms with E-state index in [9.17, 15) is 0 Å². The molecule has 0 fully saturated rings. The summed E-state index contributed by atoms with van der Waals surface area (Å²) in [5.41, 5.74) is 11.0. The molecule has 0 amide bonds. The first-order chi connectivity index (χ1) is 26.3. The normalized spacial score (nSPS) is 17.8. The molecular weight excluding hydrogens is 643 g/mol. The molecular formula is C50H33N3. The van der Waals surface area contributed by atoms with Gasteiger partial charge in [0.25, 0.3) is 0 Å². The molecule has 3 aliphatic rings. The van der Waals surface area contributed by atoms with E-state index in [0.717, 1.165) is 17.0 Å². The third-order valence-electron chi connectivity index (χ3n) is 12.1. The predicted molar refractivity (Wildman–Crippen MR) is 219 cm³/mol. The van der Waals surface area contributed by atoms with Crippen LogP contribution in [0.15, 0.2) is 181 Å². The molecule has 1 heterocycles. The average molecular weight is 676 g/mol. The van der Waals surface area contributed by atoms with Crippen molar-refractivity contribution in [3.63, 3.8) is 0 Å². The smallest absolute Gasteiger partial charge is 0.132 e. The molecule has 0 radical (unpaired) electrons. The number of aliphatic imine (C=N–C) groups is 1. The van der Waals surface area contributed by atoms with Crippen LogP contribution < -0.4 is 10.6 Å². The molecule has 9 aromatic carbocycles. The van der Waals surface area contributed by atoms with Gasteiger partial charge >= 0.3 is 0 Å². The summed E-state index contributed by atoms with van der Waals surface area (Å²) in [5, 5.41) is 18.2. The Labute approximate surface area is 307 Å². The summed E-state index contributed by atoms with van der Waals surface area (Å²) in [6.07, 6.45) is -0.440. The Morgan fingerprint density at radius 1 is 0.453 bits per heavy atom. The van der Waals surface area contributed by atoms with Crippen molar-refractivity contribution in [3.05, 3.63) is 215 Å². The lowest BCUT2D eigenvalue weighted by molar-refractivity contribution is 0.411. The molecule has 9 aromatic rings. The lowest BCUT2D eigenvalue weighted by atomic mass is 9.70. The van der Waals surface area contributed by atoms with Crippen LogP contribution in [-0.4, -0.2) is 5.84 Å². The van der Waals surface area contributed by atoms with Crippen molar-refractivity contribution in [2.75, 3.05) is 0 Å². The second-order valence-corrected chi connectivity index (χ2v) is 14.7. The molecule has 2 atom stereocenters. The molecule has 2 aliphatic carbocycles. The maximum absolute atomic E-state index is 5.52. The molecule has 3 nitrogen and oxygen atoms in total. The third-order valence-corrected chi connectivity index (χ3v) is 12.1. The highest BCUT2D eigenvalue weighted by Gasteiger charge is 2.51. The Bertz CT molecular complexity index is 2970. The highest BCUT2D eigenvalue weighted by atomic mass is 15.3. The summed E-state index contributed by atoms with van der Waals surface area (Å²) in [7, 11) is 0. The molecule has 0 aromatic heterocycles. The zero-order valence-corrected chi connectivity index (χ0v) is 28.8. The van der Waals surface area contributed by atoms with Gasteiger partial charge in [-0.1, -0.05) is 170 Å². The van der Waals surface area contributed by atoms with Gasteiger partial charge in [0.15, 0.2) is 0 Å². The van der Waals surface area contributed by atoms with Crippen LogP contribution in [0.25, 0.3) is 54.2 Å². The summed E-state index contributed by atoms with van der Waals surface area (Å²) >= 11 is 0. The molecule has 0 saturated carbocycles. The number of nitrogens with zero attached hydrogens (tertiary/aromatic N) is 1. The monoisotopic (exact) mass is 675 g/mol. The highest BCUT2D eigenvalue weighted by Crippen LogP contribution is 2.62. The molecule has 3 heteroatoms. The third kappa shape index (κ3) is 3.84. The summed E-state index contributed by atoms with van der Waals surface area (Å²) < 4.78 is 0. The lowest BCUT2D eigenvalue weighted by Crippen LogP contribution is -2.45. The number of nitrogens with one attached hydrogen (secondary N) is 2. The number of fused-ring (bicyclic) bond motifs is 10. The highest BCUT2D eigenvalue weighted by molar-refractivity contribution is 6.18. The molecule has 12 rings (SSSR count). The minimum atomic E-state index is -0.426. The zero-order valence-electron chi connectivity index (χ0n) is 28.8. The van der Waals surface area contributed by atoms with Crippen molar-refractivity contribution in [1.29, 1.82) is 0 Å². The largest absolute Gasteiger partial charge is 0.350 e. The summed E-state index contributed by atoms with van der Waals surface area (Å²) in [6.45, 7) is 0. The van der Waals surface area contributed by atoms with Gasteiger partial charge in [-0.15, -0.1) is 0 Å². The quantitative estimate of drug-likeness (QED) is 0.183. The lowest BCUT2D eigenvalue weighted by Gasteiger charge is -2.34.